The molecule has 0 saturated heterocycles. The van der Waals surface area contributed by atoms with E-state index in [1.807, 2.05) is 6.92 Å². The lowest BCUT2D eigenvalue weighted by atomic mass is 10.1. The fourth-order valence-electron chi connectivity index (χ4n) is 2.60. The number of hydrogen-bond donors (Lipinski definition) is 2. The summed E-state index contributed by atoms with van der Waals surface area (Å²) in [6.45, 7) is 2.03. The molecule has 0 saturated carbocycles. The Balaban J connectivity index is 1.77. The van der Waals surface area contributed by atoms with Crippen LogP contribution < -0.4 is 15.6 Å². The van der Waals surface area contributed by atoms with Gasteiger partial charge < -0.3 is 15.2 Å². The minimum absolute atomic E-state index is 0.0198. The first kappa shape index (κ1) is 20.2. The van der Waals surface area contributed by atoms with E-state index in [9.17, 15) is 9.90 Å². The highest BCUT2D eigenvalue weighted by Crippen LogP contribution is 2.22. The molecular formula is C20H19Cl2N3O3. The minimum Gasteiger partial charge on any atom is -0.497 e. The van der Waals surface area contributed by atoms with E-state index >= 15 is 0 Å². The van der Waals surface area contributed by atoms with Crippen molar-refractivity contribution < 1.29 is 9.84 Å². The Kier molecular flexibility index (Phi) is 6.24. The topological polar surface area (TPSA) is 76.4 Å². The number of nitrogens with zero attached hydrogens (tertiary/aromatic N) is 2. The van der Waals surface area contributed by atoms with Crippen LogP contribution in [0, 0.1) is 6.92 Å². The van der Waals surface area contributed by atoms with Gasteiger partial charge in [-0.25, -0.2) is 0 Å². The fraction of sp³-hybridized carbons (Fsp3) is 0.200. The summed E-state index contributed by atoms with van der Waals surface area (Å²) in [5.74, 6) is 0.705. The molecule has 3 rings (SSSR count). The Morgan fingerprint density at radius 1 is 1.21 bits per heavy atom. The molecule has 0 aliphatic rings. The summed E-state index contributed by atoms with van der Waals surface area (Å²) >= 11 is 12.3. The van der Waals surface area contributed by atoms with Crippen molar-refractivity contribution in [3.63, 3.8) is 0 Å². The van der Waals surface area contributed by atoms with Crippen LogP contribution in [0.3, 0.4) is 0 Å². The molecule has 0 fully saturated rings. The Bertz CT molecular complexity index is 1040. The molecule has 0 bridgehead atoms. The summed E-state index contributed by atoms with van der Waals surface area (Å²) in [4.78, 5) is 12.6. The van der Waals surface area contributed by atoms with E-state index in [0.29, 0.717) is 27.7 Å². The molecule has 146 valence electrons. The van der Waals surface area contributed by atoms with Gasteiger partial charge in [0.2, 0.25) is 0 Å². The van der Waals surface area contributed by atoms with E-state index in [4.69, 9.17) is 27.9 Å². The van der Waals surface area contributed by atoms with Crippen molar-refractivity contribution in [1.29, 1.82) is 0 Å². The van der Waals surface area contributed by atoms with Crippen molar-refractivity contribution in [2.75, 3.05) is 19.0 Å². The lowest BCUT2D eigenvalue weighted by Gasteiger charge is -2.15. The number of aromatic nitrogens is 2. The number of benzene rings is 2. The zero-order valence-electron chi connectivity index (χ0n) is 15.3. The summed E-state index contributed by atoms with van der Waals surface area (Å²) < 4.78 is 6.28. The molecule has 0 amide bonds. The number of halogens is 2. The molecule has 0 aliphatic heterocycles. The predicted molar refractivity (Wildman–Crippen MR) is 111 cm³/mol. The summed E-state index contributed by atoms with van der Waals surface area (Å²) in [5.41, 5.74) is 1.99. The second kappa shape index (κ2) is 8.65. The molecule has 2 N–H and O–H groups in total. The number of rotatable bonds is 6. The lowest BCUT2D eigenvalue weighted by molar-refractivity contribution is 0.191. The third-order valence-electron chi connectivity index (χ3n) is 4.31. The quantitative estimate of drug-likeness (QED) is 0.631. The van der Waals surface area contributed by atoms with Gasteiger partial charge >= 0.3 is 0 Å². The molecule has 0 spiro atoms. The van der Waals surface area contributed by atoms with Gasteiger partial charge in [0.25, 0.3) is 5.56 Å². The first-order valence-electron chi connectivity index (χ1n) is 8.51. The average molecular weight is 420 g/mol. The van der Waals surface area contributed by atoms with Crippen LogP contribution in [-0.4, -0.2) is 28.5 Å². The van der Waals surface area contributed by atoms with E-state index < -0.39 is 11.7 Å². The monoisotopic (exact) mass is 419 g/mol. The van der Waals surface area contributed by atoms with E-state index in [0.717, 1.165) is 5.56 Å². The van der Waals surface area contributed by atoms with Crippen LogP contribution in [-0.2, 0) is 0 Å². The standard InChI is InChI=1S/C20H19Cl2N3O3/c1-12-3-6-14(9-16(12)21)25-20(27)19(22)17(10-24-25)23-11-18(26)13-4-7-15(28-2)8-5-13/h3-10,18,23,26H,11H2,1-2H3. The third kappa shape index (κ3) is 4.30. The molecule has 6 nitrogen and oxygen atoms in total. The average Bonchev–Trinajstić information content (AvgIpc) is 2.71. The van der Waals surface area contributed by atoms with E-state index in [2.05, 4.69) is 10.4 Å². The molecule has 1 aromatic heterocycles. The summed E-state index contributed by atoms with van der Waals surface area (Å²) in [6.07, 6.45) is 0.651. The number of ether oxygens (including phenoxy) is 1. The van der Waals surface area contributed by atoms with Crippen molar-refractivity contribution in [2.24, 2.45) is 0 Å². The van der Waals surface area contributed by atoms with E-state index in [-0.39, 0.29) is 11.6 Å². The molecule has 0 radical (unpaired) electrons. The van der Waals surface area contributed by atoms with Gasteiger partial charge in [-0.05, 0) is 42.3 Å². The summed E-state index contributed by atoms with van der Waals surface area (Å²) in [6, 6.07) is 12.3. The van der Waals surface area contributed by atoms with E-state index in [1.165, 1.54) is 10.9 Å². The highest BCUT2D eigenvalue weighted by Gasteiger charge is 2.13. The Hall–Kier alpha value is -2.54. The highest BCUT2D eigenvalue weighted by atomic mass is 35.5. The van der Waals surface area contributed by atoms with Gasteiger partial charge in [0.15, 0.2) is 0 Å². The van der Waals surface area contributed by atoms with Crippen LogP contribution in [0.1, 0.15) is 17.2 Å². The highest BCUT2D eigenvalue weighted by molar-refractivity contribution is 6.33. The smallest absolute Gasteiger partial charge is 0.292 e. The maximum atomic E-state index is 12.6. The number of aliphatic hydroxyl groups excluding tert-OH is 1. The number of methoxy groups -OCH3 is 1. The molecule has 1 heterocycles. The molecule has 8 heteroatoms. The second-order valence-electron chi connectivity index (χ2n) is 6.19. The fourth-order valence-corrected chi connectivity index (χ4v) is 2.97. The van der Waals surface area contributed by atoms with Crippen LogP contribution in [0.2, 0.25) is 10.0 Å². The van der Waals surface area contributed by atoms with Crippen LogP contribution in [0.4, 0.5) is 5.69 Å². The zero-order chi connectivity index (χ0) is 20.3. The van der Waals surface area contributed by atoms with Crippen LogP contribution in [0.15, 0.2) is 53.5 Å². The summed E-state index contributed by atoms with van der Waals surface area (Å²) in [7, 11) is 1.58. The molecule has 1 unspecified atom stereocenters. The minimum atomic E-state index is -0.791. The number of aliphatic hydroxyl groups is 1. The number of nitrogens with one attached hydrogen (secondary N) is 1. The van der Waals surface area contributed by atoms with Gasteiger partial charge in [0.1, 0.15) is 10.8 Å². The van der Waals surface area contributed by atoms with Gasteiger partial charge in [-0.3, -0.25) is 4.79 Å². The van der Waals surface area contributed by atoms with Gasteiger partial charge in [-0.1, -0.05) is 41.4 Å². The van der Waals surface area contributed by atoms with Crippen LogP contribution in [0.25, 0.3) is 5.69 Å². The van der Waals surface area contributed by atoms with Crippen molar-refractivity contribution in [3.8, 4) is 11.4 Å². The number of aryl methyl sites for hydroxylation is 1. The first-order chi connectivity index (χ1) is 13.4. The Morgan fingerprint density at radius 2 is 1.93 bits per heavy atom. The van der Waals surface area contributed by atoms with Gasteiger partial charge in [0.05, 0.1) is 30.8 Å². The first-order valence-corrected chi connectivity index (χ1v) is 9.26. The SMILES string of the molecule is COc1ccc(C(O)CNc2cnn(-c3ccc(C)c(Cl)c3)c(=O)c2Cl)cc1. The van der Waals surface area contributed by atoms with Crippen molar-refractivity contribution in [3.05, 3.63) is 80.2 Å². The second-order valence-corrected chi connectivity index (χ2v) is 6.98. The van der Waals surface area contributed by atoms with Crippen molar-refractivity contribution >= 4 is 28.9 Å². The molecule has 0 aliphatic carbocycles. The summed E-state index contributed by atoms with van der Waals surface area (Å²) in [5, 5.41) is 18.0. The van der Waals surface area contributed by atoms with Gasteiger partial charge in [-0.15, -0.1) is 0 Å². The van der Waals surface area contributed by atoms with Gasteiger partial charge in [-0.2, -0.15) is 9.78 Å². The molecular weight excluding hydrogens is 401 g/mol. The van der Waals surface area contributed by atoms with Crippen molar-refractivity contribution in [1.82, 2.24) is 9.78 Å². The number of hydrogen-bond acceptors (Lipinski definition) is 5. The Morgan fingerprint density at radius 3 is 2.57 bits per heavy atom. The Labute approximate surface area is 172 Å². The van der Waals surface area contributed by atoms with Gasteiger partial charge in [0, 0.05) is 11.6 Å². The third-order valence-corrected chi connectivity index (χ3v) is 5.08. The molecule has 28 heavy (non-hydrogen) atoms. The maximum Gasteiger partial charge on any atom is 0.292 e. The predicted octanol–water partition coefficient (Wildman–Crippen LogP) is 4.00. The normalized spacial score (nSPS) is 11.9. The number of anilines is 1. The molecule has 2 aromatic carbocycles. The zero-order valence-corrected chi connectivity index (χ0v) is 16.8. The largest absolute Gasteiger partial charge is 0.497 e. The lowest BCUT2D eigenvalue weighted by Crippen LogP contribution is -2.23. The van der Waals surface area contributed by atoms with Crippen LogP contribution >= 0.6 is 23.2 Å². The van der Waals surface area contributed by atoms with E-state index in [1.54, 1.807) is 49.6 Å². The van der Waals surface area contributed by atoms with Crippen molar-refractivity contribution in [2.45, 2.75) is 13.0 Å². The van der Waals surface area contributed by atoms with Crippen LogP contribution in [0.5, 0.6) is 5.75 Å². The molecule has 3 aromatic rings. The maximum absolute atomic E-state index is 12.6. The molecule has 1 atom stereocenters.